The average molecular weight is 555 g/mol. The van der Waals surface area contributed by atoms with Crippen LogP contribution < -0.4 is 19.5 Å². The number of rotatable bonds is 9. The van der Waals surface area contributed by atoms with Crippen LogP contribution in [0.4, 0.5) is 10.5 Å². The second-order valence-corrected chi connectivity index (χ2v) is 9.92. The summed E-state index contributed by atoms with van der Waals surface area (Å²) in [7, 11) is 3.09. The van der Waals surface area contributed by atoms with Crippen molar-refractivity contribution in [2.45, 2.75) is 6.61 Å². The molecule has 0 saturated carbocycles. The molecule has 9 heteroatoms. The summed E-state index contributed by atoms with van der Waals surface area (Å²) in [5.41, 5.74) is 2.21. The second-order valence-electron chi connectivity index (χ2n) is 8.93. The van der Waals surface area contributed by atoms with Crippen LogP contribution in [0.5, 0.6) is 17.2 Å². The van der Waals surface area contributed by atoms with E-state index in [-0.39, 0.29) is 11.4 Å². The largest absolute Gasteiger partial charge is 0.497 e. The number of thioether (sulfide) groups is 1. The summed E-state index contributed by atoms with van der Waals surface area (Å²) in [6.07, 6.45) is 1.60. The second kappa shape index (κ2) is 12.0. The van der Waals surface area contributed by atoms with Crippen molar-refractivity contribution in [2.75, 3.05) is 26.1 Å². The number of hydrogen-bond acceptors (Lipinski definition) is 7. The third-order valence-corrected chi connectivity index (χ3v) is 7.15. The zero-order valence-electron chi connectivity index (χ0n) is 21.9. The van der Waals surface area contributed by atoms with Gasteiger partial charge in [-0.05, 0) is 82.2 Å². The molecule has 0 bridgehead atoms. The van der Waals surface area contributed by atoms with Gasteiger partial charge < -0.3 is 19.5 Å². The first-order valence-corrected chi connectivity index (χ1v) is 13.2. The number of anilines is 1. The molecule has 1 saturated heterocycles. The van der Waals surface area contributed by atoms with Gasteiger partial charge in [0, 0.05) is 5.69 Å². The summed E-state index contributed by atoms with van der Waals surface area (Å²) in [5.74, 6) is 0.678. The van der Waals surface area contributed by atoms with E-state index >= 15 is 0 Å². The minimum atomic E-state index is -0.532. The number of imide groups is 1. The van der Waals surface area contributed by atoms with Crippen LogP contribution in [0.2, 0.25) is 0 Å². The Morgan fingerprint density at radius 1 is 0.875 bits per heavy atom. The lowest BCUT2D eigenvalue weighted by atomic mass is 10.1. The summed E-state index contributed by atoms with van der Waals surface area (Å²) in [6, 6.07) is 26.3. The summed E-state index contributed by atoms with van der Waals surface area (Å²) < 4.78 is 16.6. The standard InChI is InChI=1S/C31H26N2O6S/c1-37-25-12-10-24(11-13-25)32-29(34)18-33-30(35)28(40-31(33)36)17-20-8-14-26(27(16-20)38-2)39-19-21-7-9-22-5-3-4-6-23(22)15-21/h3-17H,18-19H2,1-2H3,(H,32,34)/b28-17+. The van der Waals surface area contributed by atoms with Crippen molar-refractivity contribution in [1.82, 2.24) is 4.90 Å². The molecule has 4 aromatic carbocycles. The fraction of sp³-hybridized carbons (Fsp3) is 0.129. The number of methoxy groups -OCH3 is 2. The highest BCUT2D eigenvalue weighted by atomic mass is 32.2. The normalized spacial score (nSPS) is 14.1. The highest BCUT2D eigenvalue weighted by Gasteiger charge is 2.36. The molecule has 3 amide bonds. The minimum absolute atomic E-state index is 0.217. The Labute approximate surface area is 235 Å². The van der Waals surface area contributed by atoms with Crippen molar-refractivity contribution in [3.05, 3.63) is 101 Å². The van der Waals surface area contributed by atoms with Gasteiger partial charge in [-0.15, -0.1) is 0 Å². The Morgan fingerprint density at radius 2 is 1.65 bits per heavy atom. The molecule has 0 spiro atoms. The van der Waals surface area contributed by atoms with Gasteiger partial charge in [0.25, 0.3) is 11.1 Å². The fourth-order valence-electron chi connectivity index (χ4n) is 4.19. The molecule has 0 unspecified atom stereocenters. The number of nitrogens with one attached hydrogen (secondary N) is 1. The number of hydrogen-bond donors (Lipinski definition) is 1. The van der Waals surface area contributed by atoms with Crippen molar-refractivity contribution in [1.29, 1.82) is 0 Å². The SMILES string of the molecule is COc1ccc(NC(=O)CN2C(=O)S/C(=C/c3ccc(OCc4ccc5ccccc5c4)c(OC)c3)C2=O)cc1. The van der Waals surface area contributed by atoms with E-state index in [4.69, 9.17) is 14.2 Å². The van der Waals surface area contributed by atoms with Crippen LogP contribution in [0.25, 0.3) is 16.8 Å². The third kappa shape index (κ3) is 6.10. The number of benzene rings is 4. The van der Waals surface area contributed by atoms with Crippen LogP contribution in [0.15, 0.2) is 89.8 Å². The average Bonchev–Trinajstić information content (AvgIpc) is 3.23. The molecule has 0 aromatic heterocycles. The molecule has 1 heterocycles. The van der Waals surface area contributed by atoms with Gasteiger partial charge >= 0.3 is 0 Å². The van der Waals surface area contributed by atoms with E-state index in [0.717, 1.165) is 33.0 Å². The zero-order valence-corrected chi connectivity index (χ0v) is 22.7. The van der Waals surface area contributed by atoms with E-state index in [1.807, 2.05) is 18.2 Å². The van der Waals surface area contributed by atoms with Gasteiger partial charge in [-0.25, -0.2) is 0 Å². The molecule has 1 fully saturated rings. The quantitative estimate of drug-likeness (QED) is 0.250. The molecule has 1 aliphatic heterocycles. The predicted molar refractivity (Wildman–Crippen MR) is 156 cm³/mol. The van der Waals surface area contributed by atoms with Crippen LogP contribution >= 0.6 is 11.8 Å². The molecule has 0 atom stereocenters. The van der Waals surface area contributed by atoms with E-state index in [2.05, 4.69) is 29.6 Å². The Kier molecular flexibility index (Phi) is 8.02. The fourth-order valence-corrected chi connectivity index (χ4v) is 5.03. The zero-order chi connectivity index (χ0) is 28.1. The van der Waals surface area contributed by atoms with Gasteiger partial charge in [0.05, 0.1) is 19.1 Å². The lowest BCUT2D eigenvalue weighted by Gasteiger charge is -2.13. The minimum Gasteiger partial charge on any atom is -0.497 e. The molecule has 1 aliphatic rings. The maximum atomic E-state index is 12.9. The first kappa shape index (κ1) is 26.8. The number of fused-ring (bicyclic) bond motifs is 1. The Bertz CT molecular complexity index is 1620. The topological polar surface area (TPSA) is 94.2 Å². The van der Waals surface area contributed by atoms with Gasteiger partial charge in [-0.3, -0.25) is 19.3 Å². The maximum Gasteiger partial charge on any atom is 0.294 e. The van der Waals surface area contributed by atoms with Crippen molar-refractivity contribution in [3.8, 4) is 17.2 Å². The van der Waals surface area contributed by atoms with Gasteiger partial charge in [0.1, 0.15) is 18.9 Å². The van der Waals surface area contributed by atoms with Crippen LogP contribution in [-0.2, 0) is 16.2 Å². The first-order chi connectivity index (χ1) is 19.4. The van der Waals surface area contributed by atoms with Crippen LogP contribution in [0.3, 0.4) is 0 Å². The van der Waals surface area contributed by atoms with Crippen molar-refractivity contribution in [3.63, 3.8) is 0 Å². The summed E-state index contributed by atoms with van der Waals surface area (Å²) >= 11 is 0.786. The summed E-state index contributed by atoms with van der Waals surface area (Å²) in [4.78, 5) is 39.1. The summed E-state index contributed by atoms with van der Waals surface area (Å²) in [6.45, 7) is -0.0308. The molecule has 202 valence electrons. The number of carbonyl (C=O) groups excluding carboxylic acids is 3. The number of nitrogens with zero attached hydrogens (tertiary/aromatic N) is 1. The number of ether oxygens (including phenoxy) is 3. The van der Waals surface area contributed by atoms with Crippen molar-refractivity contribution >= 4 is 51.4 Å². The first-order valence-electron chi connectivity index (χ1n) is 12.4. The predicted octanol–water partition coefficient (Wildman–Crippen LogP) is 6.11. The molecule has 0 radical (unpaired) electrons. The highest BCUT2D eigenvalue weighted by Crippen LogP contribution is 2.35. The van der Waals surface area contributed by atoms with Gasteiger partial charge in [-0.2, -0.15) is 0 Å². The summed E-state index contributed by atoms with van der Waals surface area (Å²) in [5, 5.41) is 4.47. The van der Waals surface area contributed by atoms with E-state index < -0.39 is 17.1 Å². The molecular weight excluding hydrogens is 528 g/mol. The van der Waals surface area contributed by atoms with Gasteiger partial charge in [0.2, 0.25) is 5.91 Å². The Morgan fingerprint density at radius 3 is 2.40 bits per heavy atom. The van der Waals surface area contributed by atoms with Crippen molar-refractivity contribution < 1.29 is 28.6 Å². The molecule has 0 aliphatic carbocycles. The Balaban J connectivity index is 1.23. The highest BCUT2D eigenvalue weighted by molar-refractivity contribution is 8.18. The van der Waals surface area contributed by atoms with Gasteiger partial charge in [0.15, 0.2) is 11.5 Å². The van der Waals surface area contributed by atoms with Crippen LogP contribution in [0, 0.1) is 0 Å². The van der Waals surface area contributed by atoms with E-state index in [1.165, 1.54) is 7.11 Å². The van der Waals surface area contributed by atoms with E-state index in [1.54, 1.807) is 55.7 Å². The monoisotopic (exact) mass is 554 g/mol. The lowest BCUT2D eigenvalue weighted by Crippen LogP contribution is -2.36. The molecule has 8 nitrogen and oxygen atoms in total. The van der Waals surface area contributed by atoms with Crippen LogP contribution in [0.1, 0.15) is 11.1 Å². The lowest BCUT2D eigenvalue weighted by molar-refractivity contribution is -0.127. The third-order valence-electron chi connectivity index (χ3n) is 6.24. The van der Waals surface area contributed by atoms with E-state index in [0.29, 0.717) is 35.1 Å². The molecule has 4 aromatic rings. The molecule has 40 heavy (non-hydrogen) atoms. The maximum absolute atomic E-state index is 12.9. The number of amides is 3. The van der Waals surface area contributed by atoms with Crippen LogP contribution in [-0.4, -0.2) is 42.7 Å². The molecule has 5 rings (SSSR count). The van der Waals surface area contributed by atoms with E-state index in [9.17, 15) is 14.4 Å². The Hall–Kier alpha value is -4.76. The number of carbonyl (C=O) groups is 3. The smallest absolute Gasteiger partial charge is 0.294 e. The molecular formula is C31H26N2O6S. The molecule has 1 N–H and O–H groups in total. The van der Waals surface area contributed by atoms with Gasteiger partial charge in [-0.1, -0.05) is 42.5 Å². The van der Waals surface area contributed by atoms with Crippen molar-refractivity contribution in [2.24, 2.45) is 0 Å².